The number of amides is 2. The predicted molar refractivity (Wildman–Crippen MR) is 126 cm³/mol. The van der Waals surface area contributed by atoms with Crippen LogP contribution in [0.25, 0.3) is 0 Å². The summed E-state index contributed by atoms with van der Waals surface area (Å²) >= 11 is 0. The van der Waals surface area contributed by atoms with Crippen LogP contribution in [0.4, 0.5) is 0 Å². The molecule has 0 saturated heterocycles. The van der Waals surface area contributed by atoms with E-state index in [0.29, 0.717) is 24.2 Å². The molecule has 2 rings (SSSR count). The van der Waals surface area contributed by atoms with Gasteiger partial charge in [-0.3, -0.25) is 19.2 Å². The van der Waals surface area contributed by atoms with Crippen molar-refractivity contribution in [1.29, 1.82) is 0 Å². The Bertz CT molecular complexity index is 1000. The topological polar surface area (TPSA) is 142 Å². The largest absolute Gasteiger partial charge is 0.507 e. The molecule has 1 heterocycles. The first-order valence-electron chi connectivity index (χ1n) is 11.6. The summed E-state index contributed by atoms with van der Waals surface area (Å²) < 4.78 is 6.19. The summed E-state index contributed by atoms with van der Waals surface area (Å²) in [5.41, 5.74) is 1.78. The molecule has 9 nitrogen and oxygen atoms in total. The Labute approximate surface area is 200 Å². The average Bonchev–Trinajstić information content (AvgIpc) is 2.77. The maximum absolute atomic E-state index is 13.3. The number of nitrogens with one attached hydrogen (secondary N) is 2. The van der Waals surface area contributed by atoms with Crippen LogP contribution in [0.2, 0.25) is 0 Å². The molecule has 1 aromatic rings. The Morgan fingerprint density at radius 3 is 2.21 bits per heavy atom. The number of Topliss-reactive ketones (excluding diaryl/α,β-unsaturated/α-hetero) is 1. The third kappa shape index (κ3) is 5.51. The minimum Gasteiger partial charge on any atom is -0.507 e. The maximum Gasteiger partial charge on any atom is 0.305 e. The monoisotopic (exact) mass is 476 g/mol. The normalized spacial score (nSPS) is 18.9. The van der Waals surface area contributed by atoms with Crippen LogP contribution in [0, 0.1) is 26.7 Å². The fourth-order valence-electron chi connectivity index (χ4n) is 4.16. The van der Waals surface area contributed by atoms with E-state index in [9.17, 15) is 24.3 Å². The summed E-state index contributed by atoms with van der Waals surface area (Å²) in [7, 11) is 0. The van der Waals surface area contributed by atoms with Gasteiger partial charge in [0.15, 0.2) is 11.4 Å². The molecule has 4 N–H and O–H groups in total. The number of phenols is 1. The lowest BCUT2D eigenvalue weighted by molar-refractivity contribution is -0.142. The summed E-state index contributed by atoms with van der Waals surface area (Å²) in [6.07, 6.45) is 0.413. The Balaban J connectivity index is 2.25. The highest BCUT2D eigenvalue weighted by molar-refractivity contribution is 5.96. The lowest BCUT2D eigenvalue weighted by atomic mass is 9.86. The quantitative estimate of drug-likeness (QED) is 0.429. The number of rotatable bonds is 9. The third-order valence-corrected chi connectivity index (χ3v) is 6.67. The van der Waals surface area contributed by atoms with Crippen molar-refractivity contribution in [2.45, 2.75) is 91.8 Å². The SMILES string of the molecule is CCC(=O)C(CC(=O)O)NC(=O)[C@@H](NC(=O)[C@]1(C)CCc2c(C)c(O)c(C)c(C)c2O1)C(C)C. The van der Waals surface area contributed by atoms with Gasteiger partial charge in [-0.15, -0.1) is 0 Å². The molecular weight excluding hydrogens is 440 g/mol. The summed E-state index contributed by atoms with van der Waals surface area (Å²) in [4.78, 5) is 49.5. The second-order valence-electron chi connectivity index (χ2n) is 9.54. The van der Waals surface area contributed by atoms with E-state index in [1.54, 1.807) is 34.6 Å². The molecule has 0 spiro atoms. The first-order chi connectivity index (χ1) is 15.7. The van der Waals surface area contributed by atoms with Crippen LogP contribution in [0.15, 0.2) is 0 Å². The van der Waals surface area contributed by atoms with Gasteiger partial charge >= 0.3 is 5.97 Å². The number of carboxylic acid groups (broad SMARTS) is 1. The molecule has 9 heteroatoms. The first kappa shape index (κ1) is 27.1. The second-order valence-corrected chi connectivity index (χ2v) is 9.54. The number of phenolic OH excluding ortho intramolecular Hbond substituents is 1. The van der Waals surface area contributed by atoms with E-state index in [2.05, 4.69) is 10.6 Å². The van der Waals surface area contributed by atoms with Gasteiger partial charge in [0.05, 0.1) is 12.5 Å². The second kappa shape index (κ2) is 10.4. The van der Waals surface area contributed by atoms with Gasteiger partial charge in [-0.2, -0.15) is 0 Å². The molecule has 0 fully saturated rings. The van der Waals surface area contributed by atoms with Crippen LogP contribution in [0.5, 0.6) is 11.5 Å². The highest BCUT2D eigenvalue weighted by Gasteiger charge is 2.43. The van der Waals surface area contributed by atoms with Gasteiger partial charge in [0.2, 0.25) is 5.91 Å². The fraction of sp³-hybridized carbons (Fsp3) is 0.600. The number of carbonyl (C=O) groups excluding carboxylic acids is 3. The van der Waals surface area contributed by atoms with Gasteiger partial charge in [-0.1, -0.05) is 20.8 Å². The highest BCUT2D eigenvalue weighted by Crippen LogP contribution is 2.43. The van der Waals surface area contributed by atoms with Crippen LogP contribution in [-0.2, 0) is 25.6 Å². The van der Waals surface area contributed by atoms with E-state index in [0.717, 1.165) is 16.7 Å². The number of hydrogen-bond donors (Lipinski definition) is 4. The smallest absolute Gasteiger partial charge is 0.305 e. The van der Waals surface area contributed by atoms with Crippen LogP contribution < -0.4 is 15.4 Å². The summed E-state index contributed by atoms with van der Waals surface area (Å²) in [5, 5.41) is 24.7. The number of fused-ring (bicyclic) bond motifs is 1. The van der Waals surface area contributed by atoms with Gasteiger partial charge in [-0.25, -0.2) is 0 Å². The van der Waals surface area contributed by atoms with Crippen molar-refractivity contribution in [3.05, 3.63) is 22.3 Å². The Morgan fingerprint density at radius 1 is 1.06 bits per heavy atom. The zero-order chi connectivity index (χ0) is 26.0. The molecule has 3 atom stereocenters. The Morgan fingerprint density at radius 2 is 1.68 bits per heavy atom. The molecule has 0 bridgehead atoms. The minimum absolute atomic E-state index is 0.0794. The molecule has 1 unspecified atom stereocenters. The lowest BCUT2D eigenvalue weighted by Crippen LogP contribution is -2.59. The summed E-state index contributed by atoms with van der Waals surface area (Å²) in [6, 6.07) is -2.15. The van der Waals surface area contributed by atoms with Crippen molar-refractivity contribution in [1.82, 2.24) is 10.6 Å². The zero-order valence-corrected chi connectivity index (χ0v) is 21.0. The standard InChI is InChI=1S/C25H36N2O7/c1-8-18(28)17(11-19(29)30)26-23(32)20(12(2)3)27-24(33)25(7)10-9-16-15(6)21(31)13(4)14(5)22(16)34-25/h12,17,20,31H,8-11H2,1-7H3,(H,26,32)(H,27,33)(H,29,30)/t17?,20-,25-/m0/s1. The molecule has 0 aliphatic carbocycles. The van der Waals surface area contributed by atoms with E-state index in [-0.39, 0.29) is 18.1 Å². The van der Waals surface area contributed by atoms with Crippen molar-refractivity contribution >= 4 is 23.6 Å². The number of carboxylic acids is 1. The third-order valence-electron chi connectivity index (χ3n) is 6.67. The number of benzene rings is 1. The summed E-state index contributed by atoms with van der Waals surface area (Å²) in [6.45, 7) is 12.2. The predicted octanol–water partition coefficient (Wildman–Crippen LogP) is 2.48. The van der Waals surface area contributed by atoms with Crippen molar-refractivity contribution < 1.29 is 34.1 Å². The number of ether oxygens (including phenoxy) is 1. The zero-order valence-electron chi connectivity index (χ0n) is 21.0. The van der Waals surface area contributed by atoms with Crippen LogP contribution in [0.1, 0.15) is 69.2 Å². The van der Waals surface area contributed by atoms with Crippen molar-refractivity contribution in [2.24, 2.45) is 5.92 Å². The number of aromatic hydroxyl groups is 1. The molecule has 0 radical (unpaired) electrons. The van der Waals surface area contributed by atoms with E-state index < -0.39 is 47.7 Å². The Kier molecular flexibility index (Phi) is 8.34. The van der Waals surface area contributed by atoms with Crippen molar-refractivity contribution in [2.75, 3.05) is 0 Å². The minimum atomic E-state index is -1.25. The van der Waals surface area contributed by atoms with E-state index in [4.69, 9.17) is 9.84 Å². The Hall–Kier alpha value is -3.10. The maximum atomic E-state index is 13.3. The van der Waals surface area contributed by atoms with Gasteiger partial charge in [0, 0.05) is 18.4 Å². The fourth-order valence-corrected chi connectivity index (χ4v) is 4.16. The molecule has 34 heavy (non-hydrogen) atoms. The highest BCUT2D eigenvalue weighted by atomic mass is 16.5. The molecule has 0 aromatic heterocycles. The van der Waals surface area contributed by atoms with Crippen molar-refractivity contribution in [3.8, 4) is 11.5 Å². The van der Waals surface area contributed by atoms with Crippen LogP contribution in [0.3, 0.4) is 0 Å². The van der Waals surface area contributed by atoms with Crippen LogP contribution >= 0.6 is 0 Å². The first-order valence-corrected chi connectivity index (χ1v) is 11.6. The lowest BCUT2D eigenvalue weighted by Gasteiger charge is -2.38. The van der Waals surface area contributed by atoms with Crippen LogP contribution in [-0.4, -0.2) is 51.5 Å². The molecule has 2 amide bonds. The number of hydrogen-bond acceptors (Lipinski definition) is 6. The number of aliphatic carboxylic acids is 1. The van der Waals surface area contributed by atoms with Crippen molar-refractivity contribution in [3.63, 3.8) is 0 Å². The molecule has 1 aliphatic rings. The van der Waals surface area contributed by atoms with Gasteiger partial charge in [0.25, 0.3) is 5.91 Å². The average molecular weight is 477 g/mol. The van der Waals surface area contributed by atoms with E-state index in [1.807, 2.05) is 13.8 Å². The molecular formula is C25H36N2O7. The molecule has 0 saturated carbocycles. The molecule has 188 valence electrons. The van der Waals surface area contributed by atoms with Gasteiger partial charge < -0.3 is 25.6 Å². The molecule has 1 aliphatic heterocycles. The van der Waals surface area contributed by atoms with Gasteiger partial charge in [-0.05, 0) is 56.7 Å². The summed E-state index contributed by atoms with van der Waals surface area (Å²) in [5.74, 6) is -2.23. The molecule has 1 aromatic carbocycles. The van der Waals surface area contributed by atoms with Gasteiger partial charge in [0.1, 0.15) is 17.5 Å². The number of ketones is 1. The van der Waals surface area contributed by atoms with E-state index >= 15 is 0 Å². The van der Waals surface area contributed by atoms with E-state index in [1.165, 1.54) is 0 Å². The number of carbonyl (C=O) groups is 4.